The molecule has 2 fully saturated rings. The van der Waals surface area contributed by atoms with Gasteiger partial charge in [0.15, 0.2) is 0 Å². The van der Waals surface area contributed by atoms with Crippen LogP contribution in [0.3, 0.4) is 0 Å². The van der Waals surface area contributed by atoms with Crippen LogP contribution in [0.15, 0.2) is 54.9 Å². The van der Waals surface area contributed by atoms with Crippen LogP contribution < -0.4 is 10.6 Å². The van der Waals surface area contributed by atoms with Crippen molar-refractivity contribution in [2.24, 2.45) is 0 Å². The first-order valence-corrected chi connectivity index (χ1v) is 13.8. The molecule has 212 valence electrons. The van der Waals surface area contributed by atoms with Gasteiger partial charge in [0, 0.05) is 68.1 Å². The highest BCUT2D eigenvalue weighted by atomic mass is 35.5. The number of nitrogens with zero attached hydrogens (tertiary/aromatic N) is 1. The first kappa shape index (κ1) is 28.5. The van der Waals surface area contributed by atoms with E-state index in [0.717, 1.165) is 31.6 Å². The van der Waals surface area contributed by atoms with Crippen molar-refractivity contribution in [3.05, 3.63) is 94.0 Å². The number of rotatable bonds is 8. The second kappa shape index (κ2) is 12.7. The minimum atomic E-state index is -0.743. The quantitative estimate of drug-likeness (QED) is 0.357. The molecule has 3 heterocycles. The van der Waals surface area contributed by atoms with E-state index in [2.05, 4.69) is 15.6 Å². The van der Waals surface area contributed by atoms with E-state index in [1.54, 1.807) is 24.3 Å². The van der Waals surface area contributed by atoms with Crippen molar-refractivity contribution < 1.29 is 27.4 Å². The number of halogens is 4. The number of carbonyl (C=O) groups is 1. The average molecular weight is 574 g/mol. The molecular weight excluding hydrogens is 543 g/mol. The maximum Gasteiger partial charge on any atom is 0.225 e. The van der Waals surface area contributed by atoms with E-state index in [1.165, 1.54) is 18.3 Å². The number of benzene rings is 2. The van der Waals surface area contributed by atoms with E-state index in [9.17, 15) is 18.0 Å². The summed E-state index contributed by atoms with van der Waals surface area (Å²) in [6.45, 7) is 2.73. The Morgan fingerprint density at radius 3 is 2.52 bits per heavy atom. The van der Waals surface area contributed by atoms with Gasteiger partial charge in [-0.3, -0.25) is 9.78 Å². The maximum absolute atomic E-state index is 14.9. The predicted molar refractivity (Wildman–Crippen MR) is 146 cm³/mol. The fraction of sp³-hybridized carbons (Fsp3) is 0.400. The molecule has 2 aliphatic rings. The van der Waals surface area contributed by atoms with Gasteiger partial charge in [0.05, 0.1) is 29.8 Å². The Balaban J connectivity index is 1.30. The molecule has 0 bridgehead atoms. The summed E-state index contributed by atoms with van der Waals surface area (Å²) in [4.78, 5) is 17.2. The molecule has 1 aromatic heterocycles. The molecule has 0 unspecified atom stereocenters. The molecule has 2 aromatic carbocycles. The molecular formula is C30H31ClF3N3O3. The highest BCUT2D eigenvalue weighted by molar-refractivity contribution is 6.30. The van der Waals surface area contributed by atoms with E-state index in [1.807, 2.05) is 0 Å². The molecule has 40 heavy (non-hydrogen) atoms. The Morgan fingerprint density at radius 2 is 1.80 bits per heavy atom. The smallest absolute Gasteiger partial charge is 0.225 e. The molecule has 2 saturated heterocycles. The summed E-state index contributed by atoms with van der Waals surface area (Å²) in [7, 11) is 0. The van der Waals surface area contributed by atoms with Crippen molar-refractivity contribution in [1.29, 1.82) is 0 Å². The third kappa shape index (κ3) is 7.01. The largest absolute Gasteiger partial charge is 0.381 e. The highest BCUT2D eigenvalue weighted by Crippen LogP contribution is 2.32. The number of hydrogen-bond acceptors (Lipinski definition) is 5. The fourth-order valence-electron chi connectivity index (χ4n) is 5.51. The van der Waals surface area contributed by atoms with E-state index in [-0.39, 0.29) is 23.8 Å². The van der Waals surface area contributed by atoms with Gasteiger partial charge in [-0.05, 0) is 48.2 Å². The monoisotopic (exact) mass is 573 g/mol. The highest BCUT2D eigenvalue weighted by Gasteiger charge is 2.38. The number of anilines is 1. The molecule has 2 N–H and O–H groups in total. The van der Waals surface area contributed by atoms with Crippen LogP contribution in [0.4, 0.5) is 18.9 Å². The molecule has 2 aliphatic heterocycles. The van der Waals surface area contributed by atoms with E-state index in [0.29, 0.717) is 54.3 Å². The molecule has 5 rings (SSSR count). The lowest BCUT2D eigenvalue weighted by Gasteiger charge is -2.44. The van der Waals surface area contributed by atoms with Gasteiger partial charge < -0.3 is 20.1 Å². The Bertz CT molecular complexity index is 1310. The topological polar surface area (TPSA) is 72.5 Å². The number of hydrogen-bond donors (Lipinski definition) is 2. The van der Waals surface area contributed by atoms with Crippen molar-refractivity contribution in [3.63, 3.8) is 0 Å². The average Bonchev–Trinajstić information content (AvgIpc) is 2.92. The van der Waals surface area contributed by atoms with E-state index < -0.39 is 29.3 Å². The standard InChI is InChI=1S/C30H31ClF3N3O3/c31-21-3-1-19(2-4-21)26(20-11-22(32)13-23(33)12-20)14-29(38)37-28-17-35-16-27(34)25(28)6-5-24-15-36-18-30(40-24)7-9-39-10-8-30/h1-4,11-13,16-17,24,26,36H,5-10,14-15,18H2,(H,37,38)/t24-,26+/m1/s1. The molecule has 0 aliphatic carbocycles. The van der Waals surface area contributed by atoms with Gasteiger partial charge in [-0.25, -0.2) is 13.2 Å². The van der Waals surface area contributed by atoms with Gasteiger partial charge in [-0.15, -0.1) is 0 Å². The fourth-order valence-corrected chi connectivity index (χ4v) is 5.64. The first-order chi connectivity index (χ1) is 19.3. The van der Waals surface area contributed by atoms with Crippen molar-refractivity contribution in [1.82, 2.24) is 10.3 Å². The molecule has 2 atom stereocenters. The van der Waals surface area contributed by atoms with Gasteiger partial charge in [0.1, 0.15) is 17.5 Å². The third-order valence-electron chi connectivity index (χ3n) is 7.58. The molecule has 1 spiro atoms. The summed E-state index contributed by atoms with van der Waals surface area (Å²) >= 11 is 6.03. The Hall–Kier alpha value is -2.98. The second-order valence-corrected chi connectivity index (χ2v) is 10.8. The summed E-state index contributed by atoms with van der Waals surface area (Å²) in [6, 6.07) is 9.91. The number of amides is 1. The normalized spacial score (nSPS) is 19.4. The SMILES string of the molecule is O=C(C[C@@H](c1ccc(Cl)cc1)c1cc(F)cc(F)c1)Nc1cncc(F)c1CC[C@@H]1CNCC2(CCOCC2)O1. The summed E-state index contributed by atoms with van der Waals surface area (Å²) in [5.41, 5.74) is 1.29. The van der Waals surface area contributed by atoms with Crippen LogP contribution in [-0.4, -0.2) is 48.9 Å². The van der Waals surface area contributed by atoms with Gasteiger partial charge in [-0.2, -0.15) is 0 Å². The van der Waals surface area contributed by atoms with Crippen LogP contribution in [0.5, 0.6) is 0 Å². The summed E-state index contributed by atoms with van der Waals surface area (Å²) in [5, 5.41) is 6.71. The van der Waals surface area contributed by atoms with Gasteiger partial charge in [-0.1, -0.05) is 23.7 Å². The Morgan fingerprint density at radius 1 is 1.07 bits per heavy atom. The molecule has 6 nitrogen and oxygen atoms in total. The second-order valence-electron chi connectivity index (χ2n) is 10.4. The lowest BCUT2D eigenvalue weighted by atomic mass is 9.88. The van der Waals surface area contributed by atoms with Crippen LogP contribution in [0.2, 0.25) is 5.02 Å². The number of carbonyl (C=O) groups excluding carboxylic acids is 1. The molecule has 3 aromatic rings. The Labute approximate surface area is 236 Å². The van der Waals surface area contributed by atoms with Crippen molar-refractivity contribution >= 4 is 23.2 Å². The van der Waals surface area contributed by atoms with Crippen LogP contribution in [0.25, 0.3) is 0 Å². The zero-order chi connectivity index (χ0) is 28.1. The zero-order valence-electron chi connectivity index (χ0n) is 21.9. The van der Waals surface area contributed by atoms with Crippen molar-refractivity contribution in [3.8, 4) is 0 Å². The third-order valence-corrected chi connectivity index (χ3v) is 7.84. The van der Waals surface area contributed by atoms with Crippen LogP contribution in [-0.2, 0) is 20.7 Å². The number of aromatic nitrogens is 1. The predicted octanol–water partition coefficient (Wildman–Crippen LogP) is 5.78. The van der Waals surface area contributed by atoms with E-state index >= 15 is 0 Å². The first-order valence-electron chi connectivity index (χ1n) is 13.4. The summed E-state index contributed by atoms with van der Waals surface area (Å²) < 4.78 is 55.0. The van der Waals surface area contributed by atoms with Gasteiger partial charge in [0.25, 0.3) is 0 Å². The van der Waals surface area contributed by atoms with Gasteiger partial charge >= 0.3 is 0 Å². The maximum atomic E-state index is 14.9. The molecule has 10 heteroatoms. The summed E-state index contributed by atoms with van der Waals surface area (Å²) in [6.07, 6.45) is 4.79. The molecule has 0 radical (unpaired) electrons. The number of pyridine rings is 1. The number of morpholine rings is 1. The lowest BCUT2D eigenvalue weighted by molar-refractivity contribution is -0.160. The van der Waals surface area contributed by atoms with Crippen LogP contribution >= 0.6 is 11.6 Å². The van der Waals surface area contributed by atoms with Crippen LogP contribution in [0.1, 0.15) is 48.3 Å². The molecule has 1 amide bonds. The minimum Gasteiger partial charge on any atom is -0.381 e. The van der Waals surface area contributed by atoms with Crippen molar-refractivity contribution in [2.45, 2.75) is 49.7 Å². The lowest BCUT2D eigenvalue weighted by Crippen LogP contribution is -2.56. The molecule has 0 saturated carbocycles. The van der Waals surface area contributed by atoms with E-state index in [4.69, 9.17) is 21.1 Å². The van der Waals surface area contributed by atoms with Crippen LogP contribution in [0, 0.1) is 17.5 Å². The summed E-state index contributed by atoms with van der Waals surface area (Å²) in [5.74, 6) is -3.12. The zero-order valence-corrected chi connectivity index (χ0v) is 22.7. The number of nitrogens with one attached hydrogen (secondary N) is 2. The van der Waals surface area contributed by atoms with Gasteiger partial charge in [0.2, 0.25) is 5.91 Å². The Kier molecular flexibility index (Phi) is 9.05. The van der Waals surface area contributed by atoms with Crippen molar-refractivity contribution in [2.75, 3.05) is 31.6 Å². The minimum absolute atomic E-state index is 0.111. The number of ether oxygens (including phenoxy) is 2.